The summed E-state index contributed by atoms with van der Waals surface area (Å²) in [4.78, 5) is 17.4. The first-order valence-corrected chi connectivity index (χ1v) is 5.39. The molecule has 0 amide bonds. The molecule has 0 saturated heterocycles. The number of carbonyl (C=O) groups excluding carboxylic acids is 1. The second kappa shape index (κ2) is 6.17. The molecule has 15 heavy (non-hydrogen) atoms. The molecule has 0 bridgehead atoms. The lowest BCUT2D eigenvalue weighted by atomic mass is 10.2. The Bertz CT molecular complexity index is 298. The minimum atomic E-state index is 0.229. The van der Waals surface area contributed by atoms with E-state index in [2.05, 4.69) is 16.8 Å². The highest BCUT2D eigenvalue weighted by Crippen LogP contribution is 2.10. The highest BCUT2D eigenvalue weighted by atomic mass is 16.1. The summed E-state index contributed by atoms with van der Waals surface area (Å²) in [7, 11) is 0. The van der Waals surface area contributed by atoms with Gasteiger partial charge in [0.25, 0.3) is 0 Å². The molecule has 0 fully saturated rings. The molecule has 0 aromatic carbocycles. The topological polar surface area (TPSA) is 33.2 Å². The molecule has 0 atom stereocenters. The number of hydrogen-bond acceptors (Lipinski definition) is 3. The third-order valence-corrected chi connectivity index (χ3v) is 2.20. The maximum absolute atomic E-state index is 10.9. The maximum Gasteiger partial charge on any atom is 0.131 e. The molecule has 1 aromatic rings. The number of Topliss-reactive ketones (excluding diaryl/α,β-unsaturated/α-hetero) is 1. The number of carbonyl (C=O) groups is 1. The van der Waals surface area contributed by atoms with Crippen molar-refractivity contribution in [2.24, 2.45) is 0 Å². The largest absolute Gasteiger partial charge is 0.356 e. The molecule has 0 unspecified atom stereocenters. The Hall–Kier alpha value is -1.38. The van der Waals surface area contributed by atoms with Crippen LogP contribution in [0.5, 0.6) is 0 Å². The van der Waals surface area contributed by atoms with Crippen LogP contribution in [0.4, 0.5) is 5.82 Å². The van der Waals surface area contributed by atoms with Gasteiger partial charge in [0.2, 0.25) is 0 Å². The first-order valence-electron chi connectivity index (χ1n) is 5.39. The number of anilines is 1. The minimum absolute atomic E-state index is 0.229. The molecule has 1 heterocycles. The maximum atomic E-state index is 10.9. The first-order chi connectivity index (χ1) is 7.24. The Morgan fingerprint density at radius 1 is 1.40 bits per heavy atom. The van der Waals surface area contributed by atoms with Crippen LogP contribution in [0.1, 0.15) is 26.7 Å². The van der Waals surface area contributed by atoms with E-state index < -0.39 is 0 Å². The summed E-state index contributed by atoms with van der Waals surface area (Å²) in [5.41, 5.74) is 0. The van der Waals surface area contributed by atoms with Crippen LogP contribution in [0.2, 0.25) is 0 Å². The van der Waals surface area contributed by atoms with Gasteiger partial charge >= 0.3 is 0 Å². The van der Waals surface area contributed by atoms with Crippen molar-refractivity contribution < 1.29 is 4.79 Å². The van der Waals surface area contributed by atoms with Crippen molar-refractivity contribution in [1.82, 2.24) is 4.98 Å². The predicted octanol–water partition coefficient (Wildman–Crippen LogP) is 2.28. The average molecular weight is 206 g/mol. The normalized spacial score (nSPS) is 10.0. The Morgan fingerprint density at radius 2 is 2.20 bits per heavy atom. The molecule has 0 radical (unpaired) electrons. The van der Waals surface area contributed by atoms with Crippen LogP contribution in [-0.4, -0.2) is 23.9 Å². The van der Waals surface area contributed by atoms with Crippen molar-refractivity contribution >= 4 is 11.6 Å². The van der Waals surface area contributed by atoms with E-state index in [1.807, 2.05) is 18.2 Å². The molecule has 0 aliphatic rings. The molecule has 0 spiro atoms. The molecule has 0 N–H and O–H groups in total. The van der Waals surface area contributed by atoms with Gasteiger partial charge in [0.15, 0.2) is 0 Å². The highest BCUT2D eigenvalue weighted by molar-refractivity contribution is 5.76. The summed E-state index contributed by atoms with van der Waals surface area (Å²) in [6.07, 6.45) is 3.44. The van der Waals surface area contributed by atoms with Crippen molar-refractivity contribution in [2.45, 2.75) is 26.7 Å². The minimum Gasteiger partial charge on any atom is -0.356 e. The van der Waals surface area contributed by atoms with Crippen molar-refractivity contribution in [3.05, 3.63) is 24.4 Å². The van der Waals surface area contributed by atoms with Gasteiger partial charge in [0, 0.05) is 25.7 Å². The van der Waals surface area contributed by atoms with Gasteiger partial charge in [-0.1, -0.05) is 13.0 Å². The Labute approximate surface area is 91.1 Å². The van der Waals surface area contributed by atoms with Crippen LogP contribution in [0, 0.1) is 0 Å². The zero-order chi connectivity index (χ0) is 11.1. The highest BCUT2D eigenvalue weighted by Gasteiger charge is 2.06. The fraction of sp³-hybridized carbons (Fsp3) is 0.500. The summed E-state index contributed by atoms with van der Waals surface area (Å²) in [6.45, 7) is 5.47. The number of hydrogen-bond donors (Lipinski definition) is 0. The number of nitrogens with zero attached hydrogens (tertiary/aromatic N) is 2. The molecular weight excluding hydrogens is 188 g/mol. The van der Waals surface area contributed by atoms with Gasteiger partial charge < -0.3 is 4.90 Å². The van der Waals surface area contributed by atoms with Crippen molar-refractivity contribution in [2.75, 3.05) is 18.0 Å². The van der Waals surface area contributed by atoms with Crippen LogP contribution in [0.15, 0.2) is 24.4 Å². The van der Waals surface area contributed by atoms with E-state index in [1.165, 1.54) is 0 Å². The molecule has 1 rings (SSSR count). The smallest absolute Gasteiger partial charge is 0.131 e. The van der Waals surface area contributed by atoms with E-state index in [0.29, 0.717) is 6.42 Å². The molecule has 0 aliphatic heterocycles. The number of ketones is 1. The van der Waals surface area contributed by atoms with E-state index in [0.717, 1.165) is 25.3 Å². The molecule has 0 saturated carbocycles. The lowest BCUT2D eigenvalue weighted by Gasteiger charge is -2.22. The fourth-order valence-corrected chi connectivity index (χ4v) is 1.44. The SMILES string of the molecule is CCCN(CCC(C)=O)c1ccccn1. The van der Waals surface area contributed by atoms with E-state index in [9.17, 15) is 4.79 Å². The van der Waals surface area contributed by atoms with Crippen LogP contribution in [-0.2, 0) is 4.79 Å². The van der Waals surface area contributed by atoms with E-state index in [-0.39, 0.29) is 5.78 Å². The van der Waals surface area contributed by atoms with Gasteiger partial charge in [-0.05, 0) is 25.5 Å². The summed E-state index contributed by atoms with van der Waals surface area (Å²) in [6, 6.07) is 5.85. The number of rotatable bonds is 6. The molecular formula is C12H18N2O. The van der Waals surface area contributed by atoms with E-state index in [1.54, 1.807) is 13.1 Å². The van der Waals surface area contributed by atoms with E-state index in [4.69, 9.17) is 0 Å². The summed E-state index contributed by atoms with van der Waals surface area (Å²) < 4.78 is 0. The summed E-state index contributed by atoms with van der Waals surface area (Å²) in [5, 5.41) is 0. The van der Waals surface area contributed by atoms with Crippen molar-refractivity contribution in [1.29, 1.82) is 0 Å². The fourth-order valence-electron chi connectivity index (χ4n) is 1.44. The van der Waals surface area contributed by atoms with Crippen LogP contribution >= 0.6 is 0 Å². The average Bonchev–Trinajstić information content (AvgIpc) is 2.25. The zero-order valence-corrected chi connectivity index (χ0v) is 9.44. The zero-order valence-electron chi connectivity index (χ0n) is 9.44. The quantitative estimate of drug-likeness (QED) is 0.716. The van der Waals surface area contributed by atoms with Gasteiger partial charge in [-0.25, -0.2) is 4.98 Å². The van der Waals surface area contributed by atoms with Gasteiger partial charge in [0.05, 0.1) is 0 Å². The third kappa shape index (κ3) is 4.11. The molecule has 1 aromatic heterocycles. The molecule has 3 nitrogen and oxygen atoms in total. The summed E-state index contributed by atoms with van der Waals surface area (Å²) >= 11 is 0. The second-order valence-corrected chi connectivity index (χ2v) is 3.63. The number of pyridine rings is 1. The monoisotopic (exact) mass is 206 g/mol. The predicted molar refractivity (Wildman–Crippen MR) is 62.0 cm³/mol. The Kier molecular flexibility index (Phi) is 4.81. The van der Waals surface area contributed by atoms with Crippen LogP contribution in [0.25, 0.3) is 0 Å². The van der Waals surface area contributed by atoms with Crippen LogP contribution < -0.4 is 4.90 Å². The lowest BCUT2D eigenvalue weighted by Crippen LogP contribution is -2.27. The Morgan fingerprint density at radius 3 is 2.73 bits per heavy atom. The molecule has 3 heteroatoms. The Balaban J connectivity index is 2.61. The second-order valence-electron chi connectivity index (χ2n) is 3.63. The van der Waals surface area contributed by atoms with Gasteiger partial charge in [-0.3, -0.25) is 4.79 Å². The first kappa shape index (κ1) is 11.7. The lowest BCUT2D eigenvalue weighted by molar-refractivity contribution is -0.116. The number of aromatic nitrogens is 1. The van der Waals surface area contributed by atoms with Gasteiger partial charge in [0.1, 0.15) is 11.6 Å². The van der Waals surface area contributed by atoms with Crippen molar-refractivity contribution in [3.8, 4) is 0 Å². The van der Waals surface area contributed by atoms with Crippen molar-refractivity contribution in [3.63, 3.8) is 0 Å². The standard InChI is InChI=1S/C12H18N2O/c1-3-9-14(10-7-11(2)15)12-6-4-5-8-13-12/h4-6,8H,3,7,9-10H2,1-2H3. The van der Waals surface area contributed by atoms with E-state index >= 15 is 0 Å². The van der Waals surface area contributed by atoms with Gasteiger partial charge in [-0.2, -0.15) is 0 Å². The third-order valence-electron chi connectivity index (χ3n) is 2.20. The van der Waals surface area contributed by atoms with Crippen LogP contribution in [0.3, 0.4) is 0 Å². The molecule has 0 aliphatic carbocycles. The summed E-state index contributed by atoms with van der Waals surface area (Å²) in [5.74, 6) is 1.19. The molecule has 82 valence electrons. The van der Waals surface area contributed by atoms with Gasteiger partial charge in [-0.15, -0.1) is 0 Å².